The summed E-state index contributed by atoms with van der Waals surface area (Å²) >= 11 is 0. The summed E-state index contributed by atoms with van der Waals surface area (Å²) in [6.07, 6.45) is 15.8. The van der Waals surface area contributed by atoms with E-state index < -0.39 is 8.07 Å². The van der Waals surface area contributed by atoms with E-state index in [0.717, 1.165) is 0 Å². The Morgan fingerprint density at radius 3 is 1.90 bits per heavy atom. The second-order valence-electron chi connectivity index (χ2n) is 7.13. The summed E-state index contributed by atoms with van der Waals surface area (Å²) in [6, 6.07) is 0. The van der Waals surface area contributed by atoms with Crippen LogP contribution in [0.25, 0.3) is 0 Å². The van der Waals surface area contributed by atoms with Crippen molar-refractivity contribution < 1.29 is 0 Å². The molecule has 0 saturated carbocycles. The summed E-state index contributed by atoms with van der Waals surface area (Å²) in [5, 5.41) is 1.64. The van der Waals surface area contributed by atoms with Crippen LogP contribution >= 0.6 is 0 Å². The third-order valence-corrected chi connectivity index (χ3v) is 6.10. The monoisotopic (exact) mass is 294 g/mol. The van der Waals surface area contributed by atoms with Crippen molar-refractivity contribution in [2.24, 2.45) is 0 Å². The lowest BCUT2D eigenvalue weighted by Crippen LogP contribution is -2.25. The van der Waals surface area contributed by atoms with Crippen molar-refractivity contribution in [2.45, 2.75) is 97.7 Å². The first-order valence-electron chi connectivity index (χ1n) is 8.82. The van der Waals surface area contributed by atoms with Crippen molar-refractivity contribution in [2.75, 3.05) is 0 Å². The van der Waals surface area contributed by atoms with E-state index in [4.69, 9.17) is 0 Å². The average Bonchev–Trinajstić information content (AvgIpc) is 2.37. The summed E-state index contributed by atoms with van der Waals surface area (Å²) in [4.78, 5) is 0. The Kier molecular flexibility index (Phi) is 11.2. The van der Waals surface area contributed by atoms with Gasteiger partial charge in [0.2, 0.25) is 0 Å². The zero-order chi connectivity index (χ0) is 15.4. The lowest BCUT2D eigenvalue weighted by molar-refractivity contribution is 0.665. The Balaban J connectivity index is 4.33. The van der Waals surface area contributed by atoms with Crippen LogP contribution < -0.4 is 0 Å². The highest BCUT2D eigenvalue weighted by molar-refractivity contribution is 6.84. The molecule has 0 aromatic heterocycles. The number of hydrogen-bond donors (Lipinski definition) is 0. The van der Waals surface area contributed by atoms with Crippen molar-refractivity contribution in [1.29, 1.82) is 0 Å². The van der Waals surface area contributed by atoms with Gasteiger partial charge in [0, 0.05) is 0 Å². The molecule has 1 heteroatoms. The molecule has 0 rings (SSSR count). The number of rotatable bonds is 12. The number of allylic oxidation sites excluding steroid dienone is 3. The molecule has 0 amide bonds. The fourth-order valence-corrected chi connectivity index (χ4v) is 4.64. The second kappa shape index (κ2) is 11.4. The molecule has 0 aliphatic rings. The molecule has 0 aliphatic heterocycles. The normalized spacial score (nSPS) is 12.8. The van der Waals surface area contributed by atoms with Crippen LogP contribution in [0.1, 0.15) is 78.1 Å². The van der Waals surface area contributed by atoms with Crippen LogP contribution in [0.3, 0.4) is 0 Å². The highest BCUT2D eigenvalue weighted by atomic mass is 28.3. The summed E-state index contributed by atoms with van der Waals surface area (Å²) in [6.45, 7) is 16.3. The van der Waals surface area contributed by atoms with Crippen molar-refractivity contribution in [3.8, 4) is 0 Å². The van der Waals surface area contributed by atoms with Gasteiger partial charge in [-0.1, -0.05) is 95.4 Å². The van der Waals surface area contributed by atoms with Gasteiger partial charge in [-0.05, 0) is 25.7 Å². The Morgan fingerprint density at radius 1 is 0.850 bits per heavy atom. The first-order valence-corrected chi connectivity index (χ1v) is 12.3. The molecule has 0 aliphatic carbocycles. The Hall–Kier alpha value is -0.303. The molecule has 0 saturated heterocycles. The van der Waals surface area contributed by atoms with Crippen LogP contribution in [0.5, 0.6) is 0 Å². The van der Waals surface area contributed by atoms with Crippen molar-refractivity contribution in [3.63, 3.8) is 0 Å². The van der Waals surface area contributed by atoms with E-state index in [-0.39, 0.29) is 0 Å². The van der Waals surface area contributed by atoms with Gasteiger partial charge in [0.25, 0.3) is 0 Å². The quantitative estimate of drug-likeness (QED) is 0.201. The van der Waals surface area contributed by atoms with Gasteiger partial charge in [-0.2, -0.15) is 0 Å². The van der Waals surface area contributed by atoms with E-state index in [9.17, 15) is 0 Å². The summed E-state index contributed by atoms with van der Waals surface area (Å²) < 4.78 is 0. The van der Waals surface area contributed by atoms with Crippen molar-refractivity contribution in [1.82, 2.24) is 0 Å². The van der Waals surface area contributed by atoms with E-state index in [1.165, 1.54) is 69.8 Å². The molecule has 0 nitrogen and oxygen atoms in total. The lowest BCUT2D eigenvalue weighted by Gasteiger charge is -2.23. The molecule has 118 valence electrons. The molecule has 0 atom stereocenters. The maximum Gasteiger partial charge on any atom is 0.0775 e. The van der Waals surface area contributed by atoms with Gasteiger partial charge < -0.3 is 0 Å². The van der Waals surface area contributed by atoms with E-state index in [2.05, 4.69) is 46.1 Å². The van der Waals surface area contributed by atoms with Gasteiger partial charge in [-0.25, -0.2) is 0 Å². The molecule has 20 heavy (non-hydrogen) atoms. The minimum atomic E-state index is -1.23. The van der Waals surface area contributed by atoms with E-state index in [1.54, 1.807) is 5.20 Å². The Labute approximate surface area is 129 Å². The van der Waals surface area contributed by atoms with Crippen LogP contribution in [-0.4, -0.2) is 8.07 Å². The van der Waals surface area contributed by atoms with Gasteiger partial charge in [0.15, 0.2) is 0 Å². The molecule has 0 radical (unpaired) electrons. The van der Waals surface area contributed by atoms with Crippen LogP contribution in [0.15, 0.2) is 23.4 Å². The van der Waals surface area contributed by atoms with Crippen molar-refractivity contribution in [3.05, 3.63) is 23.4 Å². The predicted molar refractivity (Wildman–Crippen MR) is 98.1 cm³/mol. The standard InChI is InChI=1S/C19H38Si/c1-7-9-11-13-15-17-19(20(4,5)6)18(3)16-14-12-10-8-2/h17H,3,7-16H2,1-2,4-6H3/b19-17-. The third-order valence-electron chi connectivity index (χ3n) is 3.93. The van der Waals surface area contributed by atoms with Gasteiger partial charge >= 0.3 is 0 Å². The third kappa shape index (κ3) is 9.58. The smallest absolute Gasteiger partial charge is 0.0775 e. The zero-order valence-corrected chi connectivity index (χ0v) is 15.9. The largest absolute Gasteiger partial charge is 0.0960 e. The van der Waals surface area contributed by atoms with E-state index in [0.29, 0.717) is 0 Å². The minimum Gasteiger partial charge on any atom is -0.0960 e. The first kappa shape index (κ1) is 19.7. The molecule has 0 fully saturated rings. The average molecular weight is 295 g/mol. The van der Waals surface area contributed by atoms with E-state index in [1.807, 2.05) is 0 Å². The van der Waals surface area contributed by atoms with Crippen LogP contribution in [0.2, 0.25) is 19.6 Å². The molecular formula is C19H38Si. The molecule has 0 unspecified atom stereocenters. The molecule has 0 aromatic rings. The SMILES string of the molecule is C=C(CCCCCC)/C(=C/CCCCCC)[Si](C)(C)C. The molecule has 0 spiro atoms. The maximum absolute atomic E-state index is 4.40. The summed E-state index contributed by atoms with van der Waals surface area (Å²) in [5.41, 5.74) is 1.44. The minimum absolute atomic E-state index is 1.21. The van der Waals surface area contributed by atoms with Gasteiger partial charge in [-0.3, -0.25) is 0 Å². The molecule has 0 N–H and O–H groups in total. The first-order chi connectivity index (χ1) is 9.43. The fraction of sp³-hybridized carbons (Fsp3) is 0.789. The molecule has 0 bridgehead atoms. The maximum atomic E-state index is 4.40. The van der Waals surface area contributed by atoms with Gasteiger partial charge in [-0.15, -0.1) is 0 Å². The van der Waals surface area contributed by atoms with E-state index >= 15 is 0 Å². The fourth-order valence-electron chi connectivity index (χ4n) is 2.70. The highest BCUT2D eigenvalue weighted by Crippen LogP contribution is 2.26. The molecular weight excluding hydrogens is 256 g/mol. The topological polar surface area (TPSA) is 0 Å². The van der Waals surface area contributed by atoms with Crippen LogP contribution in [0.4, 0.5) is 0 Å². The Morgan fingerprint density at radius 2 is 1.40 bits per heavy atom. The molecule has 0 aromatic carbocycles. The van der Waals surface area contributed by atoms with Gasteiger partial charge in [0.05, 0.1) is 8.07 Å². The summed E-state index contributed by atoms with van der Waals surface area (Å²) in [5.74, 6) is 0. The predicted octanol–water partition coefficient (Wildman–Crippen LogP) is 7.29. The highest BCUT2D eigenvalue weighted by Gasteiger charge is 2.21. The number of hydrogen-bond acceptors (Lipinski definition) is 0. The Bertz CT molecular complexity index is 281. The zero-order valence-electron chi connectivity index (χ0n) is 14.9. The lowest BCUT2D eigenvalue weighted by atomic mass is 10.1. The second-order valence-corrected chi connectivity index (χ2v) is 12.2. The number of unbranched alkanes of at least 4 members (excludes halogenated alkanes) is 7. The van der Waals surface area contributed by atoms with Gasteiger partial charge in [0.1, 0.15) is 0 Å². The van der Waals surface area contributed by atoms with Crippen molar-refractivity contribution >= 4 is 8.07 Å². The van der Waals surface area contributed by atoms with Crippen LogP contribution in [-0.2, 0) is 0 Å². The van der Waals surface area contributed by atoms with Crippen LogP contribution in [0, 0.1) is 0 Å². The summed E-state index contributed by atoms with van der Waals surface area (Å²) in [7, 11) is -1.23. The molecule has 0 heterocycles.